The normalized spacial score (nSPS) is 21.2. The van der Waals surface area contributed by atoms with E-state index < -0.39 is 10.8 Å². The molecule has 0 atom stereocenters. The first-order valence-electron chi connectivity index (χ1n) is 13.1. The number of nitrogens with one attached hydrogen (secondary N) is 1. The van der Waals surface area contributed by atoms with Gasteiger partial charge in [0, 0.05) is 73.5 Å². The van der Waals surface area contributed by atoms with E-state index in [1.165, 1.54) is 11.6 Å². The van der Waals surface area contributed by atoms with Crippen LogP contribution in [-0.2, 0) is 22.2 Å². The van der Waals surface area contributed by atoms with E-state index in [9.17, 15) is 9.00 Å². The fourth-order valence-corrected chi connectivity index (χ4v) is 7.01. The molecule has 2 aromatic rings. The second-order valence-corrected chi connectivity index (χ2v) is 12.1. The van der Waals surface area contributed by atoms with Crippen molar-refractivity contribution in [1.82, 2.24) is 19.8 Å². The molecule has 3 fully saturated rings. The molecule has 4 aliphatic heterocycles. The molecule has 0 saturated carbocycles. The Labute approximate surface area is 220 Å². The van der Waals surface area contributed by atoms with Crippen LogP contribution in [0.25, 0.3) is 0 Å². The summed E-state index contributed by atoms with van der Waals surface area (Å²) in [6.45, 7) is 11.3. The van der Waals surface area contributed by atoms with Gasteiger partial charge in [-0.3, -0.25) is 13.9 Å². The van der Waals surface area contributed by atoms with Crippen LogP contribution < -0.4 is 15.0 Å². The molecule has 3 saturated heterocycles. The smallest absolute Gasteiger partial charge is 0.245 e. The number of piperidine rings is 1. The number of fused-ring (bicyclic) bond motifs is 2. The number of aromatic nitrogens is 2. The van der Waals surface area contributed by atoms with Gasteiger partial charge in [0.25, 0.3) is 0 Å². The van der Waals surface area contributed by atoms with Gasteiger partial charge in [-0.25, -0.2) is 9.97 Å². The summed E-state index contributed by atoms with van der Waals surface area (Å²) in [7, 11) is -0.741. The molecule has 4 aliphatic rings. The summed E-state index contributed by atoms with van der Waals surface area (Å²) < 4.78 is 18.2. The molecule has 6 rings (SSSR count). The number of benzene rings is 1. The second kappa shape index (κ2) is 10.1. The number of likely N-dealkylation sites (tertiary alicyclic amines) is 2. The highest BCUT2D eigenvalue weighted by molar-refractivity contribution is 7.85. The number of hydrogen-bond donors (Lipinski definition) is 1. The molecule has 0 bridgehead atoms. The summed E-state index contributed by atoms with van der Waals surface area (Å²) in [6.07, 6.45) is 5.07. The molecule has 1 N–H and O–H groups in total. The van der Waals surface area contributed by atoms with Crippen molar-refractivity contribution in [1.29, 1.82) is 0 Å². The van der Waals surface area contributed by atoms with Crippen molar-refractivity contribution >= 4 is 34.0 Å². The number of aryl methyl sites for hydroxylation is 1. The summed E-state index contributed by atoms with van der Waals surface area (Å²) in [6, 6.07) is 5.02. The lowest BCUT2D eigenvalue weighted by atomic mass is 9.87. The first kappa shape index (κ1) is 24.4. The predicted octanol–water partition coefficient (Wildman–Crippen LogP) is 2.57. The monoisotopic (exact) mass is 522 g/mol. The van der Waals surface area contributed by atoms with Gasteiger partial charge in [-0.2, -0.15) is 0 Å². The largest absolute Gasteiger partial charge is 0.486 e. The van der Waals surface area contributed by atoms with E-state index in [-0.39, 0.29) is 5.91 Å². The maximum absolute atomic E-state index is 11.9. The van der Waals surface area contributed by atoms with Crippen LogP contribution in [-0.4, -0.2) is 86.7 Å². The topological polar surface area (TPSA) is 90.9 Å². The van der Waals surface area contributed by atoms with E-state index in [2.05, 4.69) is 50.7 Å². The Morgan fingerprint density at radius 2 is 1.92 bits per heavy atom. The van der Waals surface area contributed by atoms with Crippen molar-refractivity contribution in [3.8, 4) is 5.75 Å². The molecule has 9 nitrogen and oxygen atoms in total. The van der Waals surface area contributed by atoms with Gasteiger partial charge in [-0.05, 0) is 43.0 Å². The summed E-state index contributed by atoms with van der Waals surface area (Å²) in [4.78, 5) is 27.7. The van der Waals surface area contributed by atoms with Crippen molar-refractivity contribution in [3.63, 3.8) is 0 Å². The van der Waals surface area contributed by atoms with Crippen molar-refractivity contribution in [3.05, 3.63) is 47.8 Å². The minimum Gasteiger partial charge on any atom is -0.486 e. The third kappa shape index (κ3) is 4.72. The zero-order valence-electron chi connectivity index (χ0n) is 21.3. The second-order valence-electron chi connectivity index (χ2n) is 10.4. The molecular weight excluding hydrogens is 488 g/mol. The summed E-state index contributed by atoms with van der Waals surface area (Å²) in [5, 5.41) is 3.55. The number of carbonyl (C=O) groups excluding carboxylic acids is 1. The van der Waals surface area contributed by atoms with Crippen molar-refractivity contribution in [2.45, 2.75) is 38.3 Å². The van der Waals surface area contributed by atoms with Crippen LogP contribution in [0, 0.1) is 6.92 Å². The third-order valence-corrected chi connectivity index (χ3v) is 9.43. The Hall–Kier alpha value is -2.98. The molecule has 0 aliphatic carbocycles. The Morgan fingerprint density at radius 1 is 1.16 bits per heavy atom. The Bertz CT molecular complexity index is 1230. The lowest BCUT2D eigenvalue weighted by molar-refractivity contribution is -0.127. The quantitative estimate of drug-likeness (QED) is 0.613. The van der Waals surface area contributed by atoms with Crippen LogP contribution >= 0.6 is 0 Å². The van der Waals surface area contributed by atoms with Crippen LogP contribution in [0.5, 0.6) is 5.75 Å². The van der Waals surface area contributed by atoms with E-state index in [1.807, 2.05) is 4.90 Å². The number of ether oxygens (including phenoxy) is 1. The number of carbonyl (C=O) groups is 1. The number of anilines is 3. The fourth-order valence-electron chi connectivity index (χ4n) is 5.96. The summed E-state index contributed by atoms with van der Waals surface area (Å²) in [5.41, 5.74) is 4.33. The number of rotatable bonds is 4. The van der Waals surface area contributed by atoms with Gasteiger partial charge >= 0.3 is 0 Å². The van der Waals surface area contributed by atoms with Crippen LogP contribution in [0.2, 0.25) is 0 Å². The fraction of sp³-hybridized carbons (Fsp3) is 0.519. The maximum Gasteiger partial charge on any atom is 0.245 e. The van der Waals surface area contributed by atoms with Gasteiger partial charge in [0.2, 0.25) is 5.91 Å². The standard InChI is InChI=1S/C27H34N6O3S/c1-3-24(34)31-6-4-21(5-7-31)33-14-20(15-33)19-12-18(2)25-23(13-19)30-26-22(16-36-25)27(29-17-28-26)32-8-10-37(35)11-9-32/h3,12-13,17,20-21H,1,4-11,14-16H2,2H3,(H,28,29,30). The highest BCUT2D eigenvalue weighted by Crippen LogP contribution is 2.42. The van der Waals surface area contributed by atoms with Crippen LogP contribution in [0.4, 0.5) is 17.3 Å². The first-order chi connectivity index (χ1) is 18.0. The maximum atomic E-state index is 11.9. The SMILES string of the molecule is C=CC(=O)N1CCC(N2CC(c3cc(C)c4c(c3)Nc3ncnc(N5CCS(=O)CC5)c3CO4)C2)CC1. The lowest BCUT2D eigenvalue weighted by Crippen LogP contribution is -2.54. The van der Waals surface area contributed by atoms with Crippen LogP contribution in [0.1, 0.15) is 35.4 Å². The number of hydrogen-bond acceptors (Lipinski definition) is 8. The zero-order valence-corrected chi connectivity index (χ0v) is 22.1. The molecule has 1 aromatic heterocycles. The van der Waals surface area contributed by atoms with Crippen LogP contribution in [0.3, 0.4) is 0 Å². The van der Waals surface area contributed by atoms with Crippen molar-refractivity contribution in [2.24, 2.45) is 0 Å². The molecule has 37 heavy (non-hydrogen) atoms. The summed E-state index contributed by atoms with van der Waals surface area (Å²) >= 11 is 0. The Balaban J connectivity index is 1.15. The summed E-state index contributed by atoms with van der Waals surface area (Å²) in [5.74, 6) is 4.37. The predicted molar refractivity (Wildman–Crippen MR) is 145 cm³/mol. The first-order valence-corrected chi connectivity index (χ1v) is 14.6. The van der Waals surface area contributed by atoms with Gasteiger partial charge in [0.15, 0.2) is 0 Å². The molecular formula is C27H34N6O3S. The van der Waals surface area contributed by atoms with E-state index in [0.29, 0.717) is 30.1 Å². The van der Waals surface area contributed by atoms with Gasteiger partial charge < -0.3 is 19.9 Å². The molecule has 1 amide bonds. The van der Waals surface area contributed by atoms with Crippen molar-refractivity contribution < 1.29 is 13.7 Å². The molecule has 0 radical (unpaired) electrons. The molecule has 10 heteroatoms. The molecule has 5 heterocycles. The minimum absolute atomic E-state index is 0.0430. The van der Waals surface area contributed by atoms with Crippen LogP contribution in [0.15, 0.2) is 31.1 Å². The van der Waals surface area contributed by atoms with Gasteiger partial charge in [0.1, 0.15) is 30.3 Å². The highest BCUT2D eigenvalue weighted by atomic mass is 32.2. The molecule has 1 aromatic carbocycles. The van der Waals surface area contributed by atoms with Gasteiger partial charge in [-0.15, -0.1) is 0 Å². The third-order valence-electron chi connectivity index (χ3n) is 8.16. The molecule has 0 spiro atoms. The zero-order chi connectivity index (χ0) is 25.5. The average molecular weight is 523 g/mol. The van der Waals surface area contributed by atoms with Gasteiger partial charge in [0.05, 0.1) is 11.3 Å². The molecule has 0 unspecified atom stereocenters. The Morgan fingerprint density at radius 3 is 2.65 bits per heavy atom. The average Bonchev–Trinajstić information content (AvgIpc) is 3.08. The number of amides is 1. The Kier molecular flexibility index (Phi) is 6.62. The van der Waals surface area contributed by atoms with E-state index in [0.717, 1.165) is 86.3 Å². The minimum atomic E-state index is -0.741. The lowest BCUT2D eigenvalue weighted by Gasteiger charge is -2.47. The van der Waals surface area contributed by atoms with E-state index in [4.69, 9.17) is 4.74 Å². The highest BCUT2D eigenvalue weighted by Gasteiger charge is 2.36. The van der Waals surface area contributed by atoms with Gasteiger partial charge in [-0.1, -0.05) is 12.6 Å². The van der Waals surface area contributed by atoms with Crippen molar-refractivity contribution in [2.75, 3.05) is 61.0 Å². The van der Waals surface area contributed by atoms with E-state index in [1.54, 1.807) is 6.33 Å². The van der Waals surface area contributed by atoms with E-state index >= 15 is 0 Å². The molecule has 196 valence electrons. The number of nitrogens with zero attached hydrogens (tertiary/aromatic N) is 5.